The van der Waals surface area contributed by atoms with Crippen LogP contribution in [0.1, 0.15) is 39.2 Å². The minimum Gasteiger partial charge on any atom is -0.506 e. The van der Waals surface area contributed by atoms with Gasteiger partial charge in [0.05, 0.1) is 11.1 Å². The molecule has 1 saturated heterocycles. The van der Waals surface area contributed by atoms with E-state index in [-0.39, 0.29) is 41.7 Å². The van der Waals surface area contributed by atoms with Crippen molar-refractivity contribution in [2.45, 2.75) is 13.0 Å². The summed E-state index contributed by atoms with van der Waals surface area (Å²) < 4.78 is 20.8. The van der Waals surface area contributed by atoms with Gasteiger partial charge in [-0.15, -0.1) is 0 Å². The number of phenolic OH excluding ortho intramolecular Hbond substituents is 1. The smallest absolute Gasteiger partial charge is 0.338 e. The summed E-state index contributed by atoms with van der Waals surface area (Å²) in [4.78, 5) is 31.0. The number of carbonyl (C=O) groups excluding carboxylic acids is 2. The summed E-state index contributed by atoms with van der Waals surface area (Å²) in [5, 5.41) is 12.4. The molecule has 1 atom stereocenters. The van der Waals surface area contributed by atoms with Crippen molar-refractivity contribution in [3.05, 3.63) is 132 Å². The minimum absolute atomic E-state index is 0.0312. The largest absolute Gasteiger partial charge is 0.506 e. The molecule has 49 heavy (non-hydrogen) atoms. The van der Waals surface area contributed by atoms with Crippen LogP contribution in [-0.2, 0) is 4.74 Å². The summed E-state index contributed by atoms with van der Waals surface area (Å²) in [6, 6.07) is 29.9. The van der Waals surface area contributed by atoms with Crippen LogP contribution in [0.4, 0.5) is 10.1 Å². The molecule has 0 bridgehead atoms. The Bertz CT molecular complexity index is 2000. The number of carbonyl (C=O) groups is 2. The maximum atomic E-state index is 15.7. The van der Waals surface area contributed by atoms with Gasteiger partial charge in [-0.3, -0.25) is 9.69 Å². The van der Waals surface area contributed by atoms with Gasteiger partial charge < -0.3 is 19.6 Å². The zero-order chi connectivity index (χ0) is 34.7. The third-order valence-electron chi connectivity index (χ3n) is 9.29. The summed E-state index contributed by atoms with van der Waals surface area (Å²) in [5.41, 5.74) is 5.82. The second-order valence-corrected chi connectivity index (χ2v) is 12.5. The van der Waals surface area contributed by atoms with Gasteiger partial charge in [0.1, 0.15) is 18.2 Å². The van der Waals surface area contributed by atoms with Crippen LogP contribution in [0.5, 0.6) is 5.75 Å². The van der Waals surface area contributed by atoms with Gasteiger partial charge in [-0.05, 0) is 71.0 Å². The average molecular weight is 658 g/mol. The lowest BCUT2D eigenvalue weighted by atomic mass is 9.92. The first-order chi connectivity index (χ1) is 23.7. The zero-order valence-electron chi connectivity index (χ0n) is 28.0. The van der Waals surface area contributed by atoms with Crippen molar-refractivity contribution in [3.63, 3.8) is 0 Å². The summed E-state index contributed by atoms with van der Waals surface area (Å²) >= 11 is 0. The standard InChI is InChI=1S/C41H40FN3O4/c1-5-24-49-41(48)30-14-17-32(18-15-30)45-22-20-44(21-23-45)27(2)33-19-16-31(25-38(33)42)28-10-12-29(13-11-28)36-26-37(40(47)43(3)4)39(46)35-9-7-6-8-34(35)36/h5-19,25-27,46H,1,20-24H2,2-4H3. The molecule has 1 fully saturated rings. The Morgan fingerprint density at radius 2 is 1.51 bits per heavy atom. The highest BCUT2D eigenvalue weighted by Crippen LogP contribution is 2.38. The first-order valence-corrected chi connectivity index (χ1v) is 16.4. The highest BCUT2D eigenvalue weighted by Gasteiger charge is 2.25. The Balaban J connectivity index is 1.14. The third kappa shape index (κ3) is 6.91. The molecule has 0 saturated carbocycles. The van der Waals surface area contributed by atoms with Gasteiger partial charge in [-0.2, -0.15) is 0 Å². The Labute approximate surface area is 286 Å². The van der Waals surface area contributed by atoms with Gasteiger partial charge in [0.2, 0.25) is 0 Å². The Hall–Kier alpha value is -5.47. The lowest BCUT2D eigenvalue weighted by Gasteiger charge is -2.39. The molecule has 1 amide bonds. The SMILES string of the molecule is C=CCOC(=O)c1ccc(N2CCN(C(C)c3ccc(-c4ccc(-c5cc(C(=O)N(C)C)c(O)c6ccccc56)cc4)cc3F)CC2)cc1. The van der Waals surface area contributed by atoms with E-state index in [1.807, 2.05) is 79.7 Å². The number of rotatable bonds is 9. The number of benzene rings is 5. The van der Waals surface area contributed by atoms with E-state index in [0.717, 1.165) is 59.5 Å². The molecule has 5 aromatic rings. The summed E-state index contributed by atoms with van der Waals surface area (Å²) in [5.74, 6) is -0.920. The van der Waals surface area contributed by atoms with E-state index in [2.05, 4.69) is 16.4 Å². The molecule has 6 rings (SSSR count). The Morgan fingerprint density at radius 3 is 2.14 bits per heavy atom. The number of nitrogens with zero attached hydrogens (tertiary/aromatic N) is 3. The lowest BCUT2D eigenvalue weighted by molar-refractivity contribution is 0.0549. The van der Waals surface area contributed by atoms with Crippen molar-refractivity contribution in [1.82, 2.24) is 9.80 Å². The van der Waals surface area contributed by atoms with Gasteiger partial charge in [-0.25, -0.2) is 9.18 Å². The van der Waals surface area contributed by atoms with Crippen molar-refractivity contribution in [1.29, 1.82) is 0 Å². The highest BCUT2D eigenvalue weighted by atomic mass is 19.1. The Kier molecular flexibility index (Phi) is 9.78. The molecule has 0 aromatic heterocycles. The van der Waals surface area contributed by atoms with Gasteiger partial charge in [0.15, 0.2) is 0 Å². The van der Waals surface area contributed by atoms with E-state index in [4.69, 9.17) is 4.74 Å². The van der Waals surface area contributed by atoms with Crippen LogP contribution in [-0.4, -0.2) is 73.7 Å². The topological polar surface area (TPSA) is 73.3 Å². The van der Waals surface area contributed by atoms with Crippen LogP contribution >= 0.6 is 0 Å². The number of fused-ring (bicyclic) bond motifs is 1. The average Bonchev–Trinajstić information content (AvgIpc) is 3.13. The minimum atomic E-state index is -0.369. The number of phenols is 1. The van der Waals surface area contributed by atoms with Crippen molar-refractivity contribution < 1.29 is 23.8 Å². The number of amides is 1. The second kappa shape index (κ2) is 14.3. The predicted octanol–water partition coefficient (Wildman–Crippen LogP) is 7.95. The monoisotopic (exact) mass is 657 g/mol. The number of hydrogen-bond acceptors (Lipinski definition) is 6. The van der Waals surface area contributed by atoms with E-state index in [9.17, 15) is 14.7 Å². The number of aromatic hydroxyl groups is 1. The van der Waals surface area contributed by atoms with Crippen LogP contribution in [0.15, 0.2) is 110 Å². The second-order valence-electron chi connectivity index (χ2n) is 12.5. The van der Waals surface area contributed by atoms with E-state index >= 15 is 4.39 Å². The number of piperazine rings is 1. The van der Waals surface area contributed by atoms with Crippen LogP contribution in [0, 0.1) is 5.82 Å². The quantitative estimate of drug-likeness (QED) is 0.128. The molecule has 1 N–H and O–H groups in total. The van der Waals surface area contributed by atoms with E-state index in [1.165, 1.54) is 4.90 Å². The fourth-order valence-electron chi connectivity index (χ4n) is 6.48. The molecule has 1 unspecified atom stereocenters. The molecule has 1 aliphatic heterocycles. The van der Waals surface area contributed by atoms with Crippen LogP contribution in [0.2, 0.25) is 0 Å². The van der Waals surface area contributed by atoms with Crippen LogP contribution in [0.3, 0.4) is 0 Å². The predicted molar refractivity (Wildman–Crippen MR) is 194 cm³/mol. The van der Waals surface area contributed by atoms with E-state index < -0.39 is 0 Å². The maximum absolute atomic E-state index is 15.7. The molecular weight excluding hydrogens is 617 g/mol. The van der Waals surface area contributed by atoms with E-state index in [1.54, 1.807) is 44.4 Å². The molecule has 250 valence electrons. The summed E-state index contributed by atoms with van der Waals surface area (Å²) in [6.45, 7) is 8.93. The molecule has 8 heteroatoms. The highest BCUT2D eigenvalue weighted by molar-refractivity contribution is 6.09. The van der Waals surface area contributed by atoms with Gasteiger partial charge in [-0.1, -0.05) is 73.3 Å². The fourth-order valence-corrected chi connectivity index (χ4v) is 6.48. The molecule has 0 aliphatic carbocycles. The number of esters is 1. The normalized spacial score (nSPS) is 14.0. The molecule has 1 aliphatic rings. The Morgan fingerprint density at radius 1 is 0.878 bits per heavy atom. The summed E-state index contributed by atoms with van der Waals surface area (Å²) in [6.07, 6.45) is 1.54. The maximum Gasteiger partial charge on any atom is 0.338 e. The van der Waals surface area contributed by atoms with Crippen molar-refractivity contribution in [3.8, 4) is 28.0 Å². The molecule has 5 aromatic carbocycles. The molecule has 7 nitrogen and oxygen atoms in total. The van der Waals surface area contributed by atoms with E-state index in [0.29, 0.717) is 16.5 Å². The van der Waals surface area contributed by atoms with Crippen LogP contribution < -0.4 is 4.90 Å². The molecule has 0 spiro atoms. The lowest BCUT2D eigenvalue weighted by Crippen LogP contribution is -2.47. The zero-order valence-corrected chi connectivity index (χ0v) is 28.0. The number of hydrogen-bond donors (Lipinski definition) is 1. The van der Waals surface area contributed by atoms with Gasteiger partial charge in [0, 0.05) is 63.0 Å². The fraction of sp³-hybridized carbons (Fsp3) is 0.220. The van der Waals surface area contributed by atoms with Gasteiger partial charge >= 0.3 is 5.97 Å². The third-order valence-corrected chi connectivity index (χ3v) is 9.29. The van der Waals surface area contributed by atoms with Crippen molar-refractivity contribution in [2.75, 3.05) is 51.8 Å². The first-order valence-electron chi connectivity index (χ1n) is 16.4. The molecule has 0 radical (unpaired) electrons. The van der Waals surface area contributed by atoms with Crippen molar-refractivity contribution >= 4 is 28.3 Å². The van der Waals surface area contributed by atoms with Crippen molar-refractivity contribution in [2.24, 2.45) is 0 Å². The number of anilines is 1. The summed E-state index contributed by atoms with van der Waals surface area (Å²) in [7, 11) is 3.32. The molecule has 1 heterocycles. The number of ether oxygens (including phenoxy) is 1. The first kappa shape index (κ1) is 33.4. The van der Waals surface area contributed by atoms with Crippen LogP contribution in [0.25, 0.3) is 33.0 Å². The number of halogens is 1. The molecular formula is C41H40FN3O4. The van der Waals surface area contributed by atoms with Gasteiger partial charge in [0.25, 0.3) is 5.91 Å².